The lowest BCUT2D eigenvalue weighted by molar-refractivity contribution is 0.440. The first-order valence-corrected chi connectivity index (χ1v) is 7.05. The van der Waals surface area contributed by atoms with E-state index in [0.29, 0.717) is 6.04 Å². The molecular weight excluding hydrogens is 210 g/mol. The van der Waals surface area contributed by atoms with E-state index < -0.39 is 0 Å². The Morgan fingerprint density at radius 1 is 1.41 bits per heavy atom. The maximum atomic E-state index is 4.41. The average Bonchev–Trinajstić information content (AvgIpc) is 2.89. The van der Waals surface area contributed by atoms with Crippen LogP contribution >= 0.6 is 0 Å². The first-order chi connectivity index (χ1) is 8.36. The van der Waals surface area contributed by atoms with Gasteiger partial charge in [0.2, 0.25) is 0 Å². The van der Waals surface area contributed by atoms with Gasteiger partial charge in [0.15, 0.2) is 0 Å². The molecule has 0 amide bonds. The molecule has 1 aromatic rings. The zero-order valence-corrected chi connectivity index (χ0v) is 10.9. The molecule has 3 rings (SSSR count). The van der Waals surface area contributed by atoms with Gasteiger partial charge in [-0.2, -0.15) is 5.10 Å². The molecule has 0 spiro atoms. The summed E-state index contributed by atoms with van der Waals surface area (Å²) in [5, 5.41) is 7.94. The van der Waals surface area contributed by atoms with E-state index in [1.54, 1.807) is 0 Å². The minimum Gasteiger partial charge on any atom is -0.311 e. The molecule has 3 unspecified atom stereocenters. The Labute approximate surface area is 104 Å². The molecular formula is C14H23N3. The largest absolute Gasteiger partial charge is 0.311 e. The van der Waals surface area contributed by atoms with Crippen molar-refractivity contribution in [1.29, 1.82) is 0 Å². The molecule has 3 heteroatoms. The molecule has 94 valence electrons. The number of rotatable bonds is 4. The van der Waals surface area contributed by atoms with Crippen LogP contribution in [0.4, 0.5) is 0 Å². The van der Waals surface area contributed by atoms with Crippen LogP contribution in [-0.2, 0) is 6.54 Å². The Morgan fingerprint density at radius 3 is 2.71 bits per heavy atom. The van der Waals surface area contributed by atoms with Crippen molar-refractivity contribution in [3.05, 3.63) is 18.0 Å². The molecule has 3 nitrogen and oxygen atoms in total. The molecule has 17 heavy (non-hydrogen) atoms. The molecule has 2 aliphatic rings. The van der Waals surface area contributed by atoms with Gasteiger partial charge >= 0.3 is 0 Å². The number of nitrogens with one attached hydrogen (secondary N) is 1. The fourth-order valence-corrected chi connectivity index (χ4v) is 3.95. The highest BCUT2D eigenvalue weighted by molar-refractivity contribution is 5.16. The Morgan fingerprint density at radius 2 is 2.12 bits per heavy atom. The topological polar surface area (TPSA) is 29.9 Å². The lowest BCUT2D eigenvalue weighted by Gasteiger charge is -2.18. The fraction of sp³-hybridized carbons (Fsp3) is 0.786. The van der Waals surface area contributed by atoms with Crippen LogP contribution in [0, 0.1) is 17.8 Å². The maximum absolute atomic E-state index is 4.41. The summed E-state index contributed by atoms with van der Waals surface area (Å²) in [6, 6.07) is 2.71. The van der Waals surface area contributed by atoms with Gasteiger partial charge in [-0.25, -0.2) is 0 Å². The van der Waals surface area contributed by atoms with Crippen molar-refractivity contribution in [2.45, 2.75) is 45.2 Å². The lowest BCUT2D eigenvalue weighted by Crippen LogP contribution is -2.23. The predicted molar refractivity (Wildman–Crippen MR) is 68.6 cm³/mol. The minimum atomic E-state index is 0.519. The molecule has 1 heterocycles. The van der Waals surface area contributed by atoms with E-state index >= 15 is 0 Å². The van der Waals surface area contributed by atoms with Crippen molar-refractivity contribution in [1.82, 2.24) is 15.1 Å². The molecule has 1 N–H and O–H groups in total. The highest BCUT2D eigenvalue weighted by atomic mass is 15.3. The van der Waals surface area contributed by atoms with Crippen LogP contribution in [0.5, 0.6) is 0 Å². The molecule has 0 radical (unpaired) electrons. The van der Waals surface area contributed by atoms with Crippen molar-refractivity contribution >= 4 is 0 Å². The van der Waals surface area contributed by atoms with Gasteiger partial charge in [-0.1, -0.05) is 12.8 Å². The highest BCUT2D eigenvalue weighted by Crippen LogP contribution is 2.60. The van der Waals surface area contributed by atoms with E-state index in [0.717, 1.165) is 24.3 Å². The van der Waals surface area contributed by atoms with E-state index in [1.807, 2.05) is 6.20 Å². The van der Waals surface area contributed by atoms with Crippen molar-refractivity contribution in [2.75, 3.05) is 7.05 Å². The van der Waals surface area contributed by atoms with Gasteiger partial charge in [-0.05, 0) is 50.6 Å². The lowest BCUT2D eigenvalue weighted by atomic mass is 10.0. The standard InChI is InChI=1S/C14H23N3/c1-3-17-12(8-9-16-17)14(15-2)13-10-6-4-5-7-11(10)13/h8-11,13-15H,3-7H2,1-2H3. The smallest absolute Gasteiger partial charge is 0.0556 e. The van der Waals surface area contributed by atoms with Gasteiger partial charge in [0.1, 0.15) is 0 Å². The van der Waals surface area contributed by atoms with Gasteiger partial charge in [-0.3, -0.25) is 4.68 Å². The van der Waals surface area contributed by atoms with E-state index in [2.05, 4.69) is 35.1 Å². The summed E-state index contributed by atoms with van der Waals surface area (Å²) in [5.74, 6) is 2.84. The highest BCUT2D eigenvalue weighted by Gasteiger charge is 2.54. The maximum Gasteiger partial charge on any atom is 0.0556 e. The normalized spacial score (nSPS) is 33.2. The zero-order chi connectivity index (χ0) is 11.8. The number of hydrogen-bond donors (Lipinski definition) is 1. The van der Waals surface area contributed by atoms with E-state index in [1.165, 1.54) is 31.4 Å². The third-order valence-corrected chi connectivity index (χ3v) is 4.79. The molecule has 0 saturated heterocycles. The molecule has 3 atom stereocenters. The second-order valence-electron chi connectivity index (χ2n) is 5.53. The second kappa shape index (κ2) is 4.45. The van der Waals surface area contributed by atoms with E-state index in [4.69, 9.17) is 0 Å². The quantitative estimate of drug-likeness (QED) is 0.866. The van der Waals surface area contributed by atoms with Gasteiger partial charge in [0.05, 0.1) is 11.7 Å². The first-order valence-electron chi connectivity index (χ1n) is 7.05. The van der Waals surface area contributed by atoms with E-state index in [9.17, 15) is 0 Å². The Hall–Kier alpha value is -0.830. The third-order valence-electron chi connectivity index (χ3n) is 4.79. The van der Waals surface area contributed by atoms with Gasteiger partial charge in [0, 0.05) is 12.7 Å². The summed E-state index contributed by atoms with van der Waals surface area (Å²) in [6.07, 6.45) is 7.74. The van der Waals surface area contributed by atoms with Crippen molar-refractivity contribution in [2.24, 2.45) is 17.8 Å². The third kappa shape index (κ3) is 1.81. The summed E-state index contributed by atoms with van der Waals surface area (Å²) in [5.41, 5.74) is 1.38. The number of aromatic nitrogens is 2. The summed E-state index contributed by atoms with van der Waals surface area (Å²) in [6.45, 7) is 3.14. The molecule has 0 aromatic carbocycles. The molecule has 2 saturated carbocycles. The number of aryl methyl sites for hydroxylation is 1. The van der Waals surface area contributed by atoms with Crippen molar-refractivity contribution in [3.63, 3.8) is 0 Å². The van der Waals surface area contributed by atoms with Gasteiger partial charge in [-0.15, -0.1) is 0 Å². The second-order valence-corrected chi connectivity index (χ2v) is 5.53. The predicted octanol–water partition coefficient (Wildman–Crippen LogP) is 2.60. The van der Waals surface area contributed by atoms with Crippen LogP contribution in [0.15, 0.2) is 12.3 Å². The van der Waals surface area contributed by atoms with Crippen LogP contribution < -0.4 is 5.32 Å². The van der Waals surface area contributed by atoms with Crippen LogP contribution in [-0.4, -0.2) is 16.8 Å². The van der Waals surface area contributed by atoms with Gasteiger partial charge < -0.3 is 5.32 Å². The molecule has 2 aliphatic carbocycles. The first kappa shape index (κ1) is 11.3. The zero-order valence-electron chi connectivity index (χ0n) is 10.9. The molecule has 1 aromatic heterocycles. The van der Waals surface area contributed by atoms with Crippen LogP contribution in [0.3, 0.4) is 0 Å². The monoisotopic (exact) mass is 233 g/mol. The number of hydrogen-bond acceptors (Lipinski definition) is 2. The molecule has 2 fully saturated rings. The fourth-order valence-electron chi connectivity index (χ4n) is 3.95. The summed E-state index contributed by atoms with van der Waals surface area (Å²) < 4.78 is 2.14. The van der Waals surface area contributed by atoms with Crippen molar-refractivity contribution < 1.29 is 0 Å². The van der Waals surface area contributed by atoms with Crippen LogP contribution in [0.2, 0.25) is 0 Å². The van der Waals surface area contributed by atoms with Gasteiger partial charge in [0.25, 0.3) is 0 Å². The average molecular weight is 233 g/mol. The molecule has 0 bridgehead atoms. The van der Waals surface area contributed by atoms with Crippen LogP contribution in [0.25, 0.3) is 0 Å². The SMILES string of the molecule is CCn1nccc1C(NC)C1C2CCCCC21. The van der Waals surface area contributed by atoms with Crippen LogP contribution in [0.1, 0.15) is 44.3 Å². The summed E-state index contributed by atoms with van der Waals surface area (Å²) >= 11 is 0. The molecule has 0 aliphatic heterocycles. The Kier molecular flexibility index (Phi) is 2.95. The van der Waals surface area contributed by atoms with E-state index in [-0.39, 0.29) is 0 Å². The number of fused-ring (bicyclic) bond motifs is 1. The minimum absolute atomic E-state index is 0.519. The van der Waals surface area contributed by atoms with Crippen molar-refractivity contribution in [3.8, 4) is 0 Å². The summed E-state index contributed by atoms with van der Waals surface area (Å²) in [4.78, 5) is 0. The Balaban J connectivity index is 1.80. The summed E-state index contributed by atoms with van der Waals surface area (Å²) in [7, 11) is 2.10. The number of nitrogens with zero attached hydrogens (tertiary/aromatic N) is 2. The Bertz CT molecular complexity index is 373.